The molecule has 1 fully saturated rings. The average molecular weight is 286 g/mol. The van der Waals surface area contributed by atoms with Crippen LogP contribution in [-0.4, -0.2) is 43.0 Å². The highest BCUT2D eigenvalue weighted by atomic mass is 32.2. The molecule has 0 radical (unpaired) electrons. The summed E-state index contributed by atoms with van der Waals surface area (Å²) in [5.41, 5.74) is 0. The van der Waals surface area contributed by atoms with E-state index in [4.69, 9.17) is 4.74 Å². The highest BCUT2D eigenvalue weighted by Crippen LogP contribution is 2.26. The van der Waals surface area contributed by atoms with Gasteiger partial charge in [-0.3, -0.25) is 4.79 Å². The summed E-state index contributed by atoms with van der Waals surface area (Å²) in [4.78, 5) is 11.9. The molecule has 0 spiro atoms. The maximum absolute atomic E-state index is 12.5. The number of methoxy groups -OCH3 is 1. The first-order chi connectivity index (χ1) is 8.96. The van der Waals surface area contributed by atoms with E-state index in [1.807, 2.05) is 0 Å². The predicted molar refractivity (Wildman–Crippen MR) is 69.0 cm³/mol. The number of ether oxygens (including phenoxy) is 1. The van der Waals surface area contributed by atoms with Crippen molar-refractivity contribution in [2.75, 3.05) is 13.7 Å². The number of aryl methyl sites for hydroxylation is 1. The van der Waals surface area contributed by atoms with Crippen molar-refractivity contribution in [1.82, 2.24) is 8.87 Å². The van der Waals surface area contributed by atoms with E-state index in [1.165, 1.54) is 23.7 Å². The molecular weight excluding hydrogens is 268 g/mol. The Morgan fingerprint density at radius 1 is 1.42 bits per heavy atom. The minimum Gasteiger partial charge on any atom is -0.468 e. The molecule has 7 heteroatoms. The second-order valence-corrected chi connectivity index (χ2v) is 6.55. The van der Waals surface area contributed by atoms with Gasteiger partial charge in [-0.25, -0.2) is 8.42 Å². The molecule has 1 aromatic rings. The number of hydrogen-bond donors (Lipinski definition) is 0. The van der Waals surface area contributed by atoms with Gasteiger partial charge in [0.1, 0.15) is 6.04 Å². The van der Waals surface area contributed by atoms with Crippen LogP contribution in [0.4, 0.5) is 0 Å². The van der Waals surface area contributed by atoms with Crippen molar-refractivity contribution in [3.8, 4) is 0 Å². The number of nitrogens with zero attached hydrogens (tertiary/aromatic N) is 2. The Labute approximate surface area is 113 Å². The molecule has 2 rings (SSSR count). The molecule has 1 aromatic heterocycles. The average Bonchev–Trinajstić information content (AvgIpc) is 2.85. The van der Waals surface area contributed by atoms with Crippen LogP contribution < -0.4 is 0 Å². The van der Waals surface area contributed by atoms with Gasteiger partial charge >= 0.3 is 5.97 Å². The fraction of sp³-hybridized carbons (Fsp3) is 0.583. The molecule has 1 aliphatic heterocycles. The van der Waals surface area contributed by atoms with Gasteiger partial charge in [0.15, 0.2) is 0 Å². The first-order valence-electron chi connectivity index (χ1n) is 6.18. The lowest BCUT2D eigenvalue weighted by Gasteiger charge is -2.32. The third-order valence-electron chi connectivity index (χ3n) is 3.34. The van der Waals surface area contributed by atoms with E-state index in [2.05, 4.69) is 0 Å². The van der Waals surface area contributed by atoms with E-state index >= 15 is 0 Å². The molecule has 0 amide bonds. The van der Waals surface area contributed by atoms with E-state index in [-0.39, 0.29) is 4.90 Å². The van der Waals surface area contributed by atoms with Crippen molar-refractivity contribution in [2.24, 2.45) is 7.05 Å². The number of aromatic nitrogens is 1. The van der Waals surface area contributed by atoms with Crippen LogP contribution in [0.25, 0.3) is 0 Å². The summed E-state index contributed by atoms with van der Waals surface area (Å²) in [6.45, 7) is 0.358. The van der Waals surface area contributed by atoms with Gasteiger partial charge in [-0.1, -0.05) is 0 Å². The number of carbonyl (C=O) groups is 1. The lowest BCUT2D eigenvalue weighted by atomic mass is 10.1. The number of sulfonamides is 1. The predicted octanol–water partition coefficient (Wildman–Crippen LogP) is 0.741. The maximum atomic E-state index is 12.5. The highest BCUT2D eigenvalue weighted by Gasteiger charge is 2.38. The van der Waals surface area contributed by atoms with Crippen LogP contribution in [0.1, 0.15) is 19.3 Å². The van der Waals surface area contributed by atoms with Crippen LogP contribution in [0.15, 0.2) is 23.4 Å². The maximum Gasteiger partial charge on any atom is 0.324 e. The zero-order valence-corrected chi connectivity index (χ0v) is 11.9. The number of carbonyl (C=O) groups excluding carboxylic acids is 1. The van der Waals surface area contributed by atoms with E-state index in [9.17, 15) is 13.2 Å². The van der Waals surface area contributed by atoms with Gasteiger partial charge in [-0.2, -0.15) is 4.31 Å². The van der Waals surface area contributed by atoms with E-state index in [1.54, 1.807) is 17.8 Å². The van der Waals surface area contributed by atoms with Crippen LogP contribution in [0.3, 0.4) is 0 Å². The Kier molecular flexibility index (Phi) is 3.96. The lowest BCUT2D eigenvalue weighted by molar-refractivity contribution is -0.146. The molecule has 0 aromatic carbocycles. The number of hydrogen-bond acceptors (Lipinski definition) is 4. The molecule has 0 aliphatic carbocycles. The van der Waals surface area contributed by atoms with Gasteiger partial charge in [-0.15, -0.1) is 0 Å². The summed E-state index contributed by atoms with van der Waals surface area (Å²) in [5.74, 6) is -0.487. The van der Waals surface area contributed by atoms with E-state index in [0.717, 1.165) is 12.8 Å². The number of esters is 1. The monoisotopic (exact) mass is 286 g/mol. The Balaban J connectivity index is 2.34. The molecule has 1 atom stereocenters. The van der Waals surface area contributed by atoms with Gasteiger partial charge in [0.05, 0.1) is 12.0 Å². The molecule has 0 bridgehead atoms. The number of piperidine rings is 1. The van der Waals surface area contributed by atoms with Gasteiger partial charge in [0, 0.05) is 26.0 Å². The van der Waals surface area contributed by atoms with Gasteiger partial charge in [0.25, 0.3) is 0 Å². The largest absolute Gasteiger partial charge is 0.468 e. The minimum absolute atomic E-state index is 0.214. The van der Waals surface area contributed by atoms with Crippen LogP contribution >= 0.6 is 0 Å². The van der Waals surface area contributed by atoms with Crippen LogP contribution in [-0.2, 0) is 26.6 Å². The van der Waals surface area contributed by atoms with Gasteiger partial charge < -0.3 is 9.30 Å². The van der Waals surface area contributed by atoms with Crippen molar-refractivity contribution in [1.29, 1.82) is 0 Å². The Morgan fingerprint density at radius 3 is 2.74 bits per heavy atom. The summed E-state index contributed by atoms with van der Waals surface area (Å²) in [6.07, 6.45) is 5.32. The molecule has 1 saturated heterocycles. The summed E-state index contributed by atoms with van der Waals surface area (Å²) in [6, 6.07) is 0.835. The van der Waals surface area contributed by atoms with Crippen LogP contribution in [0.5, 0.6) is 0 Å². The first kappa shape index (κ1) is 14.1. The molecule has 106 valence electrons. The van der Waals surface area contributed by atoms with Crippen LogP contribution in [0, 0.1) is 0 Å². The molecular formula is C12H18N2O4S. The molecule has 0 N–H and O–H groups in total. The third kappa shape index (κ3) is 2.66. The van der Waals surface area contributed by atoms with Crippen molar-refractivity contribution in [2.45, 2.75) is 30.2 Å². The zero-order chi connectivity index (χ0) is 14.0. The molecule has 1 aliphatic rings. The summed E-state index contributed by atoms with van der Waals surface area (Å²) >= 11 is 0. The van der Waals surface area contributed by atoms with Crippen LogP contribution in [0.2, 0.25) is 0 Å². The summed E-state index contributed by atoms with van der Waals surface area (Å²) in [5, 5.41) is 0. The molecule has 19 heavy (non-hydrogen) atoms. The van der Waals surface area contributed by atoms with Crippen molar-refractivity contribution in [3.05, 3.63) is 18.5 Å². The summed E-state index contributed by atoms with van der Waals surface area (Å²) in [7, 11) is -0.595. The first-order valence-corrected chi connectivity index (χ1v) is 7.62. The molecule has 6 nitrogen and oxygen atoms in total. The highest BCUT2D eigenvalue weighted by molar-refractivity contribution is 7.89. The fourth-order valence-electron chi connectivity index (χ4n) is 2.33. The smallest absolute Gasteiger partial charge is 0.324 e. The lowest BCUT2D eigenvalue weighted by Crippen LogP contribution is -2.48. The van der Waals surface area contributed by atoms with Crippen molar-refractivity contribution < 1.29 is 17.9 Å². The SMILES string of the molecule is COC(=O)[C@H]1CCCCN1S(=O)(=O)c1ccn(C)c1. The zero-order valence-electron chi connectivity index (χ0n) is 11.1. The fourth-order valence-corrected chi connectivity index (χ4v) is 4.03. The second kappa shape index (κ2) is 5.34. The Bertz CT molecular complexity index is 564. The van der Waals surface area contributed by atoms with Crippen molar-refractivity contribution >= 4 is 16.0 Å². The quantitative estimate of drug-likeness (QED) is 0.769. The van der Waals surface area contributed by atoms with E-state index < -0.39 is 22.0 Å². The standard InChI is InChI=1S/C12H18N2O4S/c1-13-8-6-10(9-13)19(16,17)14-7-4-3-5-11(14)12(15)18-2/h6,8-9,11H,3-5,7H2,1-2H3/t11-/m1/s1. The normalized spacial score (nSPS) is 21.3. The number of rotatable bonds is 3. The molecule has 2 heterocycles. The molecule has 0 saturated carbocycles. The minimum atomic E-state index is -3.63. The third-order valence-corrected chi connectivity index (χ3v) is 5.23. The summed E-state index contributed by atoms with van der Waals surface area (Å²) < 4.78 is 32.7. The van der Waals surface area contributed by atoms with Gasteiger partial charge in [0.2, 0.25) is 10.0 Å². The Morgan fingerprint density at radius 2 is 2.16 bits per heavy atom. The second-order valence-electron chi connectivity index (χ2n) is 4.66. The Hall–Kier alpha value is -1.34. The van der Waals surface area contributed by atoms with Crippen molar-refractivity contribution in [3.63, 3.8) is 0 Å². The topological polar surface area (TPSA) is 68.6 Å². The van der Waals surface area contributed by atoms with Gasteiger partial charge in [-0.05, 0) is 25.3 Å². The van der Waals surface area contributed by atoms with E-state index in [0.29, 0.717) is 13.0 Å². The molecule has 0 unspecified atom stereocenters.